The van der Waals surface area contributed by atoms with E-state index < -0.39 is 5.91 Å². The summed E-state index contributed by atoms with van der Waals surface area (Å²) in [4.78, 5) is 11.2. The number of rotatable bonds is 2. The molecular formula is C10H10BrNO2. The number of ether oxygens (including phenoxy) is 1. The molecule has 0 unspecified atom stereocenters. The van der Waals surface area contributed by atoms with Gasteiger partial charge >= 0.3 is 0 Å². The lowest BCUT2D eigenvalue weighted by molar-refractivity contribution is -0.00724. The molecule has 0 spiro atoms. The average Bonchev–Trinajstić information content (AvgIpc) is 2.14. The molecule has 0 radical (unpaired) electrons. The summed E-state index contributed by atoms with van der Waals surface area (Å²) in [7, 11) is 0. The maximum Gasteiger partial charge on any atom is 0.249 e. The fraction of sp³-hybridized carbons (Fsp3) is 0.300. The molecule has 1 aromatic rings. The van der Waals surface area contributed by atoms with Gasteiger partial charge in [0.1, 0.15) is 0 Å². The highest BCUT2D eigenvalue weighted by Gasteiger charge is 2.39. The molecule has 0 bridgehead atoms. The Morgan fingerprint density at radius 1 is 1.43 bits per heavy atom. The number of alkyl halides is 1. The second-order valence-corrected chi connectivity index (χ2v) is 4.89. The Bertz CT molecular complexity index is 374. The van der Waals surface area contributed by atoms with Gasteiger partial charge in [0.25, 0.3) is 0 Å². The monoisotopic (exact) mass is 255 g/mol. The summed E-state index contributed by atoms with van der Waals surface area (Å²) < 4.78 is 4.90. The van der Waals surface area contributed by atoms with Gasteiger partial charge in [-0.15, -0.1) is 0 Å². The van der Waals surface area contributed by atoms with Gasteiger partial charge in [-0.05, 0) is 11.6 Å². The Morgan fingerprint density at radius 3 is 2.57 bits per heavy atom. The van der Waals surface area contributed by atoms with Crippen molar-refractivity contribution in [1.29, 1.82) is 0 Å². The van der Waals surface area contributed by atoms with Crippen molar-refractivity contribution in [2.24, 2.45) is 5.73 Å². The summed E-state index contributed by atoms with van der Waals surface area (Å²) in [5, 5.41) is 0. The molecule has 0 saturated carbocycles. The summed E-state index contributed by atoms with van der Waals surface area (Å²) in [6, 6.07) is 7.33. The van der Waals surface area contributed by atoms with E-state index in [2.05, 4.69) is 15.9 Å². The van der Waals surface area contributed by atoms with Crippen LogP contribution in [0.1, 0.15) is 15.9 Å². The minimum absolute atomic E-state index is 0.224. The summed E-state index contributed by atoms with van der Waals surface area (Å²) in [5.74, 6) is -0.397. The molecule has 1 aliphatic heterocycles. The van der Waals surface area contributed by atoms with Gasteiger partial charge in [0.15, 0.2) is 0 Å². The Balaban J connectivity index is 2.46. The molecule has 1 heterocycles. The van der Waals surface area contributed by atoms with E-state index in [4.69, 9.17) is 10.5 Å². The van der Waals surface area contributed by atoms with Gasteiger partial charge in [-0.2, -0.15) is 0 Å². The van der Waals surface area contributed by atoms with Gasteiger partial charge in [0.05, 0.1) is 17.5 Å². The highest BCUT2D eigenvalue weighted by Crippen LogP contribution is 2.39. The number of primary amides is 1. The topological polar surface area (TPSA) is 52.3 Å². The van der Waals surface area contributed by atoms with Gasteiger partial charge in [-0.1, -0.05) is 34.1 Å². The minimum atomic E-state index is -0.397. The van der Waals surface area contributed by atoms with Crippen molar-refractivity contribution in [2.75, 3.05) is 13.2 Å². The van der Waals surface area contributed by atoms with E-state index in [-0.39, 0.29) is 4.32 Å². The molecule has 2 N–H and O–H groups in total. The number of hydrogen-bond acceptors (Lipinski definition) is 2. The Labute approximate surface area is 90.4 Å². The number of nitrogens with two attached hydrogens (primary N) is 1. The van der Waals surface area contributed by atoms with Crippen molar-refractivity contribution < 1.29 is 9.53 Å². The quantitative estimate of drug-likeness (QED) is 0.813. The summed E-state index contributed by atoms with van der Waals surface area (Å²) in [6.45, 7) is 1.16. The van der Waals surface area contributed by atoms with Crippen LogP contribution < -0.4 is 5.73 Å². The molecular weight excluding hydrogens is 246 g/mol. The maximum atomic E-state index is 11.2. The zero-order valence-electron chi connectivity index (χ0n) is 7.50. The Hall–Kier alpha value is -0.870. The summed E-state index contributed by atoms with van der Waals surface area (Å²) in [5.41, 5.74) is 6.77. The molecule has 0 aliphatic carbocycles. The van der Waals surface area contributed by atoms with Crippen LogP contribution in [-0.2, 0) is 9.06 Å². The Kier molecular flexibility index (Phi) is 2.33. The molecule has 1 aliphatic rings. The third-order valence-corrected chi connectivity index (χ3v) is 3.22. The van der Waals surface area contributed by atoms with Crippen LogP contribution in [0, 0.1) is 0 Å². The second kappa shape index (κ2) is 3.37. The molecule has 1 aromatic carbocycles. The third kappa shape index (κ3) is 1.44. The number of amides is 1. The van der Waals surface area contributed by atoms with Crippen molar-refractivity contribution in [2.45, 2.75) is 4.32 Å². The molecule has 0 atom stereocenters. The number of carbonyl (C=O) groups is 1. The van der Waals surface area contributed by atoms with Crippen LogP contribution in [-0.4, -0.2) is 19.1 Å². The molecule has 3 nitrogen and oxygen atoms in total. The summed E-state index contributed by atoms with van der Waals surface area (Å²) in [6.07, 6.45) is 0. The van der Waals surface area contributed by atoms with E-state index in [0.29, 0.717) is 18.8 Å². The lowest BCUT2D eigenvalue weighted by atomic mass is 9.92. The average molecular weight is 256 g/mol. The lowest BCUT2D eigenvalue weighted by Gasteiger charge is -2.37. The van der Waals surface area contributed by atoms with Crippen LogP contribution in [0.5, 0.6) is 0 Å². The minimum Gasteiger partial charge on any atom is -0.378 e. The number of benzene rings is 1. The molecule has 1 fully saturated rings. The normalized spacial score (nSPS) is 18.6. The maximum absolute atomic E-state index is 11.2. The first-order chi connectivity index (χ1) is 6.63. The van der Waals surface area contributed by atoms with Crippen LogP contribution in [0.3, 0.4) is 0 Å². The SMILES string of the molecule is NC(=O)c1ccccc1C1(Br)COC1. The molecule has 0 aromatic heterocycles. The first-order valence-corrected chi connectivity index (χ1v) is 5.09. The van der Waals surface area contributed by atoms with Crippen molar-refractivity contribution in [3.05, 3.63) is 35.4 Å². The number of halogens is 1. The predicted octanol–water partition coefficient (Wildman–Crippen LogP) is 1.41. The third-order valence-electron chi connectivity index (χ3n) is 2.34. The van der Waals surface area contributed by atoms with E-state index in [1.165, 1.54) is 0 Å². The Morgan fingerprint density at radius 2 is 2.07 bits per heavy atom. The van der Waals surface area contributed by atoms with Crippen LogP contribution in [0.4, 0.5) is 0 Å². The van der Waals surface area contributed by atoms with Gasteiger partial charge in [-0.3, -0.25) is 4.79 Å². The van der Waals surface area contributed by atoms with E-state index in [0.717, 1.165) is 5.56 Å². The fourth-order valence-corrected chi connectivity index (χ4v) is 2.19. The first-order valence-electron chi connectivity index (χ1n) is 4.29. The van der Waals surface area contributed by atoms with Crippen LogP contribution in [0.2, 0.25) is 0 Å². The first kappa shape index (κ1) is 9.68. The zero-order valence-corrected chi connectivity index (χ0v) is 9.08. The molecule has 2 rings (SSSR count). The highest BCUT2D eigenvalue weighted by atomic mass is 79.9. The van der Waals surface area contributed by atoms with Gasteiger partial charge in [0.2, 0.25) is 5.91 Å². The van der Waals surface area contributed by atoms with E-state index in [1.807, 2.05) is 12.1 Å². The fourth-order valence-electron chi connectivity index (χ4n) is 1.53. The van der Waals surface area contributed by atoms with Crippen molar-refractivity contribution in [1.82, 2.24) is 0 Å². The largest absolute Gasteiger partial charge is 0.378 e. The summed E-state index contributed by atoms with van der Waals surface area (Å²) >= 11 is 3.56. The van der Waals surface area contributed by atoms with E-state index >= 15 is 0 Å². The van der Waals surface area contributed by atoms with E-state index in [9.17, 15) is 4.79 Å². The van der Waals surface area contributed by atoms with Gasteiger partial charge in [-0.25, -0.2) is 0 Å². The molecule has 14 heavy (non-hydrogen) atoms. The van der Waals surface area contributed by atoms with Crippen LogP contribution in [0.15, 0.2) is 24.3 Å². The van der Waals surface area contributed by atoms with Crippen LogP contribution in [0.25, 0.3) is 0 Å². The molecule has 1 saturated heterocycles. The smallest absolute Gasteiger partial charge is 0.249 e. The molecule has 4 heteroatoms. The van der Waals surface area contributed by atoms with Crippen molar-refractivity contribution >= 4 is 21.8 Å². The van der Waals surface area contributed by atoms with Crippen molar-refractivity contribution in [3.63, 3.8) is 0 Å². The van der Waals surface area contributed by atoms with Gasteiger partial charge in [0, 0.05) is 5.56 Å². The molecule has 1 amide bonds. The standard InChI is InChI=1S/C10H10BrNO2/c11-10(5-14-6-10)8-4-2-1-3-7(8)9(12)13/h1-4H,5-6H2,(H2,12,13). The molecule has 74 valence electrons. The van der Waals surface area contributed by atoms with Crippen LogP contribution >= 0.6 is 15.9 Å². The zero-order chi connectivity index (χ0) is 10.2. The number of carbonyl (C=O) groups excluding carboxylic acids is 1. The number of hydrogen-bond donors (Lipinski definition) is 1. The highest BCUT2D eigenvalue weighted by molar-refractivity contribution is 9.09. The second-order valence-electron chi connectivity index (χ2n) is 3.37. The lowest BCUT2D eigenvalue weighted by Crippen LogP contribution is -2.42. The predicted molar refractivity (Wildman–Crippen MR) is 56.4 cm³/mol. The van der Waals surface area contributed by atoms with Crippen molar-refractivity contribution in [3.8, 4) is 0 Å². The van der Waals surface area contributed by atoms with E-state index in [1.54, 1.807) is 12.1 Å². The van der Waals surface area contributed by atoms with Gasteiger partial charge < -0.3 is 10.5 Å².